The molecular formula is C88H129N19O30S2. The smallest absolute Gasteiger partial charge is 0.326 e. The minimum Gasteiger partial charge on any atom is -0.508 e. The number of thioether (sulfide) groups is 1. The summed E-state index contributed by atoms with van der Waals surface area (Å²) in [5.41, 5.74) is 34.6. The van der Waals surface area contributed by atoms with Gasteiger partial charge in [-0.3, -0.25) is 111 Å². The number of aliphatic carboxylic acids is 6. The average Bonchev–Trinajstić information content (AvgIpc) is 1.55. The Morgan fingerprint density at radius 2 is 0.971 bits per heavy atom. The van der Waals surface area contributed by atoms with E-state index in [1.807, 2.05) is 5.32 Å². The average molecular weight is 2000 g/mol. The second-order valence-corrected chi connectivity index (χ2v) is 36.3. The first-order valence-corrected chi connectivity index (χ1v) is 47.6. The van der Waals surface area contributed by atoms with Crippen molar-refractivity contribution in [3.63, 3.8) is 0 Å². The van der Waals surface area contributed by atoms with Gasteiger partial charge in [-0.1, -0.05) is 25.0 Å². The number of aromatic hydroxyl groups is 1. The van der Waals surface area contributed by atoms with Crippen molar-refractivity contribution in [3.8, 4) is 5.75 Å². The van der Waals surface area contributed by atoms with Crippen molar-refractivity contribution in [1.82, 2.24) is 58.1 Å². The van der Waals surface area contributed by atoms with Crippen LogP contribution >= 0.6 is 23.1 Å². The molecule has 1 aromatic carbocycles. The van der Waals surface area contributed by atoms with E-state index in [1.165, 1.54) is 29.2 Å². The molecule has 4 bridgehead atoms. The number of Topliss-reactive ketones (excluding diaryl/α,β-unsaturated/α-hetero) is 5. The summed E-state index contributed by atoms with van der Waals surface area (Å²) in [5, 5.41) is 115. The number of ketones is 5. The van der Waals surface area contributed by atoms with Crippen LogP contribution in [0.5, 0.6) is 5.75 Å². The summed E-state index contributed by atoms with van der Waals surface area (Å²) in [6, 6.07) is -11.8. The third-order valence-electron chi connectivity index (χ3n) is 23.4. The number of nitrogens with two attached hydrogens (primary N) is 6. The standard InChI is InChI=1S/C88H129N19O30S2/c89-23-5-1-11-47(76(126)102-58(40-74(122)123)66(112)35-50(38-72(118)119)79(129)103-59(41-75(124)125)67(113)34-49(37-71(116)117)77(127)100-56(87(136)137)14-4-8-26-92)32-65(111)57(29-45-17-19-52(109)20-18-45)101-78(128)51(39-73(120)121)36-68(114)61(42-108)105-82(132)60-30-46-31-69(138-43-46)85-106-62(44-139-85)83(133)98-54(13-3-7-25-91)80(130)97-53(21-22-70(93)115)64(110)33-48(12-2-6-24-90)86(135)107-28-10-16-63(107)84(134)99-55(81(131)104-60)15-9-27-96-88(94)95/h17-20,31,43,47-51,53-63,108-109H,1-16,21-30,32-42,44,89-92H2,(H2,93,115)(H,97,130)(H,98,133)(H,99,134)(H,100,127)(H,101,128)(H,102,126)(H,103,129)(H,104,131)(H,105,132)(H,116,117)(H,118,119)(H,120,121)(H,122,123)(H,124,125)(H,136,137)(H4,94,95,96)/t47-,48-,49+,50+,51+,53+,54+,55+,56+,57+,58+,59+,60+,61+,62+,63?/m1/s1. The maximum absolute atomic E-state index is 15.1. The van der Waals surface area contributed by atoms with Crippen molar-refractivity contribution in [2.24, 2.45) is 69.0 Å². The monoisotopic (exact) mass is 2000 g/mol. The number of amides is 11. The van der Waals surface area contributed by atoms with E-state index in [9.17, 15) is 132 Å². The van der Waals surface area contributed by atoms with Gasteiger partial charge in [0.25, 0.3) is 0 Å². The lowest BCUT2D eigenvalue weighted by atomic mass is 9.88. The molecule has 4 heterocycles. The number of aliphatic hydroxyl groups is 1. The number of nitrogens with zero attached hydrogens (tertiary/aromatic N) is 2. The highest BCUT2D eigenvalue weighted by Gasteiger charge is 2.44. The largest absolute Gasteiger partial charge is 0.508 e. The van der Waals surface area contributed by atoms with E-state index in [0.717, 1.165) is 23.1 Å². The Morgan fingerprint density at radius 3 is 1.49 bits per heavy atom. The summed E-state index contributed by atoms with van der Waals surface area (Å²) < 4.78 is 0. The summed E-state index contributed by atoms with van der Waals surface area (Å²) in [6.07, 6.45) is -11.2. The number of rotatable bonds is 59. The molecule has 768 valence electrons. The number of thiophene rings is 1. The molecule has 3 aliphatic heterocycles. The number of carboxylic acids is 6. The van der Waals surface area contributed by atoms with Gasteiger partial charge in [0.05, 0.1) is 85.5 Å². The zero-order chi connectivity index (χ0) is 103. The minimum absolute atomic E-state index is 0.00488. The summed E-state index contributed by atoms with van der Waals surface area (Å²) in [5.74, 6) is -37.0. The topological polar surface area (TPSA) is 853 Å². The van der Waals surface area contributed by atoms with Crippen molar-refractivity contribution >= 4 is 164 Å². The lowest BCUT2D eigenvalue weighted by molar-refractivity contribution is -0.146. The maximum Gasteiger partial charge on any atom is 0.326 e. The van der Waals surface area contributed by atoms with Crippen molar-refractivity contribution < 1.29 is 146 Å². The first-order valence-electron chi connectivity index (χ1n) is 45.7. The lowest BCUT2D eigenvalue weighted by Gasteiger charge is -2.30. The second kappa shape index (κ2) is 60.1. The SMILES string of the molecule is N=C(N)NCCC[C@@H]1NC(=O)C2CCCN2C(=O)[C@H](CCCCN)CC(=O)[C@H](CCC(N)=O)NC(=O)[C@H](CCCCN)NC(=O)[C@@H]2CSC(=N2)c2cc(cs2)C[C@@H](C(=O)N[C@@H](CO)C(=O)C[C@@H](CC(=O)O)C(=O)N[C@@H](Cc2ccc(O)cc2)C(=O)C[C@@H](CCCCN)C(=O)N[C@@H](CC(=O)O)C(=O)C[C@@H](CC(=O)O)C(=O)N[C@@H](CC(=O)O)C(=O)C[C@@H](CC(=O)O)C(=O)N[C@@H](CCCCN)C(=O)O)NC1=O. The van der Waals surface area contributed by atoms with Gasteiger partial charge in [0.1, 0.15) is 53.1 Å². The molecule has 1 unspecified atom stereocenters. The van der Waals surface area contributed by atoms with Gasteiger partial charge in [-0.15, -0.1) is 23.1 Å². The van der Waals surface area contributed by atoms with E-state index in [1.54, 1.807) is 11.4 Å². The van der Waals surface area contributed by atoms with Crippen LogP contribution in [0.15, 0.2) is 40.7 Å². The number of fused-ring (bicyclic) bond motifs is 5. The third kappa shape index (κ3) is 41.0. The number of nitrogens with one attached hydrogen (secondary N) is 11. The number of carboxylic acid groups (broad SMARTS) is 6. The zero-order valence-electron chi connectivity index (χ0n) is 76.8. The number of hydrogen-bond donors (Lipinski definition) is 25. The van der Waals surface area contributed by atoms with Crippen molar-refractivity contribution in [2.75, 3.05) is 51.6 Å². The van der Waals surface area contributed by atoms with Crippen LogP contribution in [0.2, 0.25) is 0 Å². The lowest BCUT2D eigenvalue weighted by Crippen LogP contribution is -2.58. The quantitative estimate of drug-likeness (QED) is 0.0170. The fourth-order valence-corrected chi connectivity index (χ4v) is 17.9. The first-order chi connectivity index (χ1) is 65.9. The molecule has 3 aliphatic rings. The molecule has 1 fully saturated rings. The summed E-state index contributed by atoms with van der Waals surface area (Å²) >= 11 is 2.22. The third-order valence-corrected chi connectivity index (χ3v) is 25.6. The minimum atomic E-state index is -2.20. The molecular weight excluding hydrogens is 1870 g/mol. The van der Waals surface area contributed by atoms with E-state index in [0.29, 0.717) is 47.6 Å². The Bertz CT molecular complexity index is 4730. The molecule has 11 amide bonds. The second-order valence-electron chi connectivity index (χ2n) is 34.4. The summed E-state index contributed by atoms with van der Waals surface area (Å²) in [4.78, 5) is 311. The Kier molecular flexibility index (Phi) is 50.4. The molecule has 0 aliphatic carbocycles. The van der Waals surface area contributed by atoms with Crippen LogP contribution in [0.3, 0.4) is 0 Å². The number of phenols is 1. The number of phenolic OH excluding ortho intramolecular Hbond substituents is 1. The van der Waals surface area contributed by atoms with Crippen molar-refractivity contribution in [3.05, 3.63) is 51.7 Å². The molecule has 0 saturated carbocycles. The van der Waals surface area contributed by atoms with Gasteiger partial charge in [-0.2, -0.15) is 0 Å². The molecule has 2 aromatic rings. The Labute approximate surface area is 806 Å². The van der Waals surface area contributed by atoms with Gasteiger partial charge in [0.15, 0.2) is 34.9 Å². The van der Waals surface area contributed by atoms with Crippen LogP contribution in [0.1, 0.15) is 196 Å². The predicted octanol–water partition coefficient (Wildman–Crippen LogP) is -4.16. The molecule has 1 saturated heterocycles. The molecule has 139 heavy (non-hydrogen) atoms. The number of aliphatic imine (C=N–C) groups is 1. The van der Waals surface area contributed by atoms with Crippen LogP contribution in [0, 0.1) is 35.0 Å². The molecule has 1 aromatic heterocycles. The molecule has 51 heteroatoms. The molecule has 31 N–H and O–H groups in total. The summed E-state index contributed by atoms with van der Waals surface area (Å²) in [7, 11) is 0. The van der Waals surface area contributed by atoms with Crippen molar-refractivity contribution in [2.45, 2.75) is 259 Å². The number of benzene rings is 1. The summed E-state index contributed by atoms with van der Waals surface area (Å²) in [6.45, 7) is -0.795. The molecule has 0 radical (unpaired) electrons. The Hall–Kier alpha value is -12.8. The highest BCUT2D eigenvalue weighted by Crippen LogP contribution is 2.32. The number of carbonyl (C=O) groups excluding carboxylic acids is 16. The van der Waals surface area contributed by atoms with Gasteiger partial charge in [0, 0.05) is 75.6 Å². The highest BCUT2D eigenvalue weighted by atomic mass is 32.2. The number of unbranched alkanes of at least 4 members (excludes halogenated alkanes) is 4. The Balaban J connectivity index is 1.50. The Morgan fingerprint density at radius 1 is 0.504 bits per heavy atom. The van der Waals surface area contributed by atoms with Gasteiger partial charge in [-0.05, 0) is 164 Å². The first kappa shape index (κ1) is 117. The fourth-order valence-electron chi connectivity index (χ4n) is 15.9. The molecule has 16 atom stereocenters. The number of guanidine groups is 1. The maximum atomic E-state index is 15.1. The van der Waals surface area contributed by atoms with Crippen LogP contribution < -0.4 is 87.6 Å². The number of hydrogen-bond acceptors (Lipinski definition) is 32. The predicted molar refractivity (Wildman–Crippen MR) is 495 cm³/mol. The van der Waals surface area contributed by atoms with E-state index < -0.39 is 315 Å². The van der Waals surface area contributed by atoms with E-state index >= 15 is 14.4 Å². The number of primary amides is 1. The van der Waals surface area contributed by atoms with Gasteiger partial charge < -0.3 is 133 Å². The van der Waals surface area contributed by atoms with Gasteiger partial charge in [-0.25, -0.2) is 4.79 Å². The van der Waals surface area contributed by atoms with Crippen molar-refractivity contribution in [1.29, 1.82) is 5.41 Å². The number of aliphatic hydroxyl groups excluding tert-OH is 1. The highest BCUT2D eigenvalue weighted by molar-refractivity contribution is 8.15. The van der Waals surface area contributed by atoms with E-state index in [-0.39, 0.29) is 140 Å². The normalized spacial score (nSPS) is 19.6. The molecule has 5 rings (SSSR count). The zero-order valence-corrected chi connectivity index (χ0v) is 78.4. The van der Waals surface area contributed by atoms with Gasteiger partial charge >= 0.3 is 35.8 Å². The van der Waals surface area contributed by atoms with E-state index in [2.05, 4.69) is 52.8 Å². The number of carbonyl (C=O) groups is 22. The van der Waals surface area contributed by atoms with Gasteiger partial charge in [0.2, 0.25) is 65.0 Å². The van der Waals surface area contributed by atoms with Crippen LogP contribution in [-0.2, 0) is 118 Å². The molecule has 0 spiro atoms. The van der Waals surface area contributed by atoms with Crippen LogP contribution in [0.4, 0.5) is 0 Å². The van der Waals surface area contributed by atoms with Crippen LogP contribution in [0.25, 0.3) is 0 Å². The molecule has 49 nitrogen and oxygen atoms in total. The van der Waals surface area contributed by atoms with E-state index in [4.69, 9.17) is 39.8 Å². The fraction of sp³-hybridized carbons (Fsp3) is 0.614. The van der Waals surface area contributed by atoms with Crippen LogP contribution in [-0.4, -0.2) is 305 Å².